The van der Waals surface area contributed by atoms with Gasteiger partial charge in [-0.15, -0.1) is 3.71 Å². The first-order valence-electron chi connectivity index (χ1n) is 1.60. The monoisotopic (exact) mass is 154 g/mol. The molecular formula is CH2N2O3S2. The molecule has 0 saturated carbocycles. The molecule has 46 valence electrons. The van der Waals surface area contributed by atoms with Crippen molar-refractivity contribution in [3.8, 4) is 0 Å². The summed E-state index contributed by atoms with van der Waals surface area (Å²) >= 11 is 3.29. The van der Waals surface area contributed by atoms with Gasteiger partial charge in [-0.25, -0.2) is 9.52 Å². The van der Waals surface area contributed by atoms with Crippen LogP contribution in [0, 0.1) is 0 Å². The summed E-state index contributed by atoms with van der Waals surface area (Å²) in [6, 6.07) is -0.715. The second-order valence-electron chi connectivity index (χ2n) is 1.16. The van der Waals surface area contributed by atoms with Crippen molar-refractivity contribution in [1.82, 2.24) is 8.43 Å². The van der Waals surface area contributed by atoms with Crippen molar-refractivity contribution in [3.63, 3.8) is 0 Å². The fourth-order valence-electron chi connectivity index (χ4n) is 0.263. The smallest absolute Gasteiger partial charge is 0.245 e. The third-order valence-corrected chi connectivity index (χ3v) is 2.50. The van der Waals surface area contributed by atoms with Crippen molar-refractivity contribution < 1.29 is 13.2 Å². The highest BCUT2D eigenvalue weighted by molar-refractivity contribution is 8.01. The molecule has 1 aliphatic rings. The molecule has 1 fully saturated rings. The van der Waals surface area contributed by atoms with Gasteiger partial charge in [-0.1, -0.05) is 0 Å². The van der Waals surface area contributed by atoms with Crippen molar-refractivity contribution >= 4 is 29.1 Å². The van der Waals surface area contributed by atoms with Gasteiger partial charge in [0.25, 0.3) is 0 Å². The Morgan fingerprint density at radius 1 is 1.62 bits per heavy atom. The van der Waals surface area contributed by atoms with E-state index in [0.717, 1.165) is 0 Å². The molecule has 0 unspecified atom stereocenters. The lowest BCUT2D eigenvalue weighted by Gasteiger charge is -2.24. The Balaban J connectivity index is 2.91. The lowest BCUT2D eigenvalue weighted by atomic mass is 11.2. The molecular weight excluding hydrogens is 152 g/mol. The maximum atomic E-state index is 10.1. The first-order chi connectivity index (χ1) is 3.54. The van der Waals surface area contributed by atoms with Crippen LogP contribution in [0.4, 0.5) is 4.79 Å². The maximum absolute atomic E-state index is 10.1. The molecule has 0 atom stereocenters. The van der Waals surface area contributed by atoms with E-state index in [4.69, 9.17) is 0 Å². The molecule has 1 N–H and O–H groups in total. The van der Waals surface area contributed by atoms with Gasteiger partial charge in [-0.3, -0.25) is 0 Å². The van der Waals surface area contributed by atoms with E-state index in [1.54, 1.807) is 4.72 Å². The highest BCUT2D eigenvalue weighted by Gasteiger charge is 2.37. The quantitative estimate of drug-likeness (QED) is 0.444. The summed E-state index contributed by atoms with van der Waals surface area (Å²) in [7, 11) is -3.51. The largest absolute Gasteiger partial charge is 0.357 e. The molecule has 0 aromatic heterocycles. The fraction of sp³-hybridized carbons (Fsp3) is 0. The topological polar surface area (TPSA) is 66.5 Å². The lowest BCUT2D eigenvalue weighted by Crippen LogP contribution is -2.56. The van der Waals surface area contributed by atoms with Crippen LogP contribution in [-0.4, -0.2) is 18.2 Å². The summed E-state index contributed by atoms with van der Waals surface area (Å²) in [4.78, 5) is 10.0. The molecule has 0 radical (unpaired) electrons. The van der Waals surface area contributed by atoms with E-state index in [-0.39, 0.29) is 0 Å². The number of thiol groups is 1. The second-order valence-corrected chi connectivity index (χ2v) is 3.35. The Labute approximate surface area is 51.4 Å². The predicted molar refractivity (Wildman–Crippen MR) is 28.3 cm³/mol. The number of hydrogen-bond donors (Lipinski definition) is 2. The van der Waals surface area contributed by atoms with Gasteiger partial charge in [-0.2, -0.15) is 8.42 Å². The lowest BCUT2D eigenvalue weighted by molar-refractivity contribution is 0.235. The molecule has 0 aromatic rings. The zero-order chi connectivity index (χ0) is 6.36. The van der Waals surface area contributed by atoms with Gasteiger partial charge in [0.05, 0.1) is 0 Å². The van der Waals surface area contributed by atoms with Crippen molar-refractivity contribution in [1.29, 1.82) is 0 Å². The van der Waals surface area contributed by atoms with Gasteiger partial charge in [0.15, 0.2) is 0 Å². The number of nitrogens with zero attached hydrogens (tertiary/aromatic N) is 1. The van der Waals surface area contributed by atoms with Crippen molar-refractivity contribution in [3.05, 3.63) is 0 Å². The van der Waals surface area contributed by atoms with E-state index < -0.39 is 16.2 Å². The minimum Gasteiger partial charge on any atom is -0.245 e. The van der Waals surface area contributed by atoms with Gasteiger partial charge in [-0.05, 0) is 12.8 Å². The molecule has 0 aliphatic carbocycles. The first-order valence-corrected chi connectivity index (χ1v) is 3.44. The van der Waals surface area contributed by atoms with E-state index in [9.17, 15) is 13.2 Å². The van der Waals surface area contributed by atoms with Crippen LogP contribution in [0.5, 0.6) is 0 Å². The SMILES string of the molecule is O=C1NS(=O)(=O)N1S. The van der Waals surface area contributed by atoms with Crippen LogP contribution in [-0.2, 0) is 10.2 Å². The number of amides is 2. The molecule has 1 saturated heterocycles. The van der Waals surface area contributed by atoms with Gasteiger partial charge >= 0.3 is 16.2 Å². The van der Waals surface area contributed by atoms with Gasteiger partial charge in [0.2, 0.25) is 0 Å². The molecule has 8 heavy (non-hydrogen) atoms. The zero-order valence-electron chi connectivity index (χ0n) is 3.53. The highest BCUT2D eigenvalue weighted by Crippen LogP contribution is 2.11. The summed E-state index contributed by atoms with van der Waals surface area (Å²) in [5, 5.41) is 0. The highest BCUT2D eigenvalue weighted by atomic mass is 32.3. The molecule has 0 spiro atoms. The van der Waals surface area contributed by atoms with Crippen LogP contribution < -0.4 is 4.72 Å². The van der Waals surface area contributed by atoms with Gasteiger partial charge in [0.1, 0.15) is 0 Å². The van der Waals surface area contributed by atoms with E-state index in [2.05, 4.69) is 12.8 Å². The second kappa shape index (κ2) is 1.29. The van der Waals surface area contributed by atoms with Crippen LogP contribution in [0.15, 0.2) is 0 Å². The van der Waals surface area contributed by atoms with Crippen LogP contribution in [0.1, 0.15) is 0 Å². The van der Waals surface area contributed by atoms with Crippen molar-refractivity contribution in [2.24, 2.45) is 0 Å². The van der Waals surface area contributed by atoms with Gasteiger partial charge in [0, 0.05) is 0 Å². The molecule has 2 amide bonds. The normalized spacial score (nSPS) is 24.1. The fourth-order valence-corrected chi connectivity index (χ4v) is 1.03. The standard InChI is InChI=1S/CH2N2O3S2/c4-1-2-8(5,6)3(1)7/h7H,(H,2,4). The Hall–Kier alpha value is -0.430. The predicted octanol–water partition coefficient (Wildman–Crippen LogP) is -0.899. The van der Waals surface area contributed by atoms with E-state index >= 15 is 0 Å². The molecule has 0 bridgehead atoms. The summed E-state index contributed by atoms with van der Waals surface area (Å²) in [6.07, 6.45) is 0. The Bertz CT molecular complexity index is 217. The number of carbonyl (C=O) groups is 1. The number of carbonyl (C=O) groups excluding carboxylic acids is 1. The average molecular weight is 154 g/mol. The van der Waals surface area contributed by atoms with Crippen LogP contribution >= 0.6 is 12.8 Å². The van der Waals surface area contributed by atoms with E-state index in [1.165, 1.54) is 0 Å². The number of urea groups is 1. The van der Waals surface area contributed by atoms with Crippen molar-refractivity contribution in [2.75, 3.05) is 0 Å². The number of rotatable bonds is 0. The Morgan fingerprint density at radius 3 is 2.12 bits per heavy atom. The third-order valence-electron chi connectivity index (χ3n) is 0.618. The summed E-state index contributed by atoms with van der Waals surface area (Å²) < 4.78 is 22.2. The number of hydrogen-bond acceptors (Lipinski definition) is 4. The average Bonchev–Trinajstić information content (AvgIpc) is 1.65. The summed E-state index contributed by atoms with van der Waals surface area (Å²) in [5.41, 5.74) is 0. The molecule has 1 aliphatic heterocycles. The third kappa shape index (κ3) is 0.548. The Morgan fingerprint density at radius 2 is 2.12 bits per heavy atom. The molecule has 7 heteroatoms. The van der Waals surface area contributed by atoms with Gasteiger partial charge < -0.3 is 0 Å². The minimum atomic E-state index is -3.51. The summed E-state index contributed by atoms with van der Waals surface area (Å²) in [5.74, 6) is 0. The van der Waals surface area contributed by atoms with E-state index in [1.807, 2.05) is 0 Å². The van der Waals surface area contributed by atoms with Crippen LogP contribution in [0.2, 0.25) is 0 Å². The van der Waals surface area contributed by atoms with Crippen molar-refractivity contribution in [2.45, 2.75) is 0 Å². The minimum absolute atomic E-state index is 0.326. The molecule has 0 aromatic carbocycles. The molecule has 1 rings (SSSR count). The molecule has 1 heterocycles. The summed E-state index contributed by atoms with van der Waals surface area (Å²) in [6.45, 7) is 0. The Kier molecular flexibility index (Phi) is 0.919. The van der Waals surface area contributed by atoms with Crippen LogP contribution in [0.25, 0.3) is 0 Å². The molecule has 5 nitrogen and oxygen atoms in total. The van der Waals surface area contributed by atoms with Crippen LogP contribution in [0.3, 0.4) is 0 Å². The zero-order valence-corrected chi connectivity index (χ0v) is 5.24. The number of nitrogens with one attached hydrogen (secondary N) is 1. The first kappa shape index (κ1) is 5.70. The maximum Gasteiger partial charge on any atom is 0.357 e. The van der Waals surface area contributed by atoms with E-state index in [0.29, 0.717) is 3.71 Å².